The maximum absolute atomic E-state index is 13.5. The lowest BCUT2D eigenvalue weighted by atomic mass is 9.97. The SMILES string of the molecule is CCC(CC)C(O)CNS(=O)(=O)c1c(F)cc(F)cc1F. The molecule has 21 heavy (non-hydrogen) atoms. The number of hydrogen-bond acceptors (Lipinski definition) is 3. The van der Waals surface area contributed by atoms with Crippen LogP contribution in [0.3, 0.4) is 0 Å². The topological polar surface area (TPSA) is 66.4 Å². The minimum absolute atomic E-state index is 0.129. The molecule has 0 aliphatic rings. The van der Waals surface area contributed by atoms with Gasteiger partial charge in [0, 0.05) is 18.7 Å². The molecule has 1 atom stereocenters. The largest absolute Gasteiger partial charge is 0.391 e. The molecule has 0 saturated heterocycles. The number of rotatable bonds is 7. The van der Waals surface area contributed by atoms with Crippen molar-refractivity contribution in [3.05, 3.63) is 29.6 Å². The van der Waals surface area contributed by atoms with Gasteiger partial charge in [0.25, 0.3) is 0 Å². The molecule has 8 heteroatoms. The van der Waals surface area contributed by atoms with Gasteiger partial charge in [0.05, 0.1) is 6.10 Å². The normalized spacial score (nSPS) is 13.7. The van der Waals surface area contributed by atoms with E-state index < -0.39 is 38.5 Å². The molecule has 0 fully saturated rings. The summed E-state index contributed by atoms with van der Waals surface area (Å²) < 4.78 is 65.4. The summed E-state index contributed by atoms with van der Waals surface area (Å²) in [6.07, 6.45) is 0.304. The van der Waals surface area contributed by atoms with Gasteiger partial charge in [-0.15, -0.1) is 0 Å². The first-order valence-corrected chi connectivity index (χ1v) is 8.03. The second-order valence-corrected chi connectivity index (χ2v) is 6.40. The van der Waals surface area contributed by atoms with E-state index in [-0.39, 0.29) is 24.6 Å². The Morgan fingerprint density at radius 3 is 2.05 bits per heavy atom. The highest BCUT2D eigenvalue weighted by molar-refractivity contribution is 7.89. The van der Waals surface area contributed by atoms with Crippen molar-refractivity contribution in [2.75, 3.05) is 6.54 Å². The Bertz CT molecular complexity index is 565. The molecule has 0 saturated carbocycles. The Labute approximate surface area is 122 Å². The summed E-state index contributed by atoms with van der Waals surface area (Å²) in [5, 5.41) is 9.83. The average Bonchev–Trinajstić information content (AvgIpc) is 2.36. The van der Waals surface area contributed by atoms with Gasteiger partial charge in [0.15, 0.2) is 4.90 Å². The van der Waals surface area contributed by atoms with Crippen LogP contribution in [-0.2, 0) is 10.0 Å². The monoisotopic (exact) mass is 325 g/mol. The molecule has 0 bridgehead atoms. The highest BCUT2D eigenvalue weighted by atomic mass is 32.2. The number of sulfonamides is 1. The van der Waals surface area contributed by atoms with Gasteiger partial charge >= 0.3 is 0 Å². The van der Waals surface area contributed by atoms with Crippen molar-refractivity contribution < 1.29 is 26.7 Å². The molecule has 1 rings (SSSR count). The molecule has 0 heterocycles. The van der Waals surface area contributed by atoms with Crippen LogP contribution in [0.4, 0.5) is 13.2 Å². The zero-order valence-corrected chi connectivity index (χ0v) is 12.6. The summed E-state index contributed by atoms with van der Waals surface area (Å²) in [4.78, 5) is -1.25. The standard InChI is InChI=1S/C13H18F3NO3S/c1-3-8(4-2)12(18)7-17-21(19,20)13-10(15)5-9(14)6-11(13)16/h5-6,8,12,17-18H,3-4,7H2,1-2H3. The van der Waals surface area contributed by atoms with Crippen molar-refractivity contribution >= 4 is 10.0 Å². The summed E-state index contributed by atoms with van der Waals surface area (Å²) in [5.74, 6) is -4.37. The molecule has 1 unspecified atom stereocenters. The van der Waals surface area contributed by atoms with Crippen LogP contribution in [0.5, 0.6) is 0 Å². The Hall–Kier alpha value is -1.12. The van der Waals surface area contributed by atoms with Gasteiger partial charge in [-0.25, -0.2) is 26.3 Å². The minimum atomic E-state index is -4.51. The molecule has 1 aromatic carbocycles. The van der Waals surface area contributed by atoms with Crippen LogP contribution in [0.25, 0.3) is 0 Å². The minimum Gasteiger partial charge on any atom is -0.391 e. The van der Waals surface area contributed by atoms with E-state index >= 15 is 0 Å². The molecule has 0 aromatic heterocycles. The molecule has 0 radical (unpaired) electrons. The maximum atomic E-state index is 13.5. The fraction of sp³-hybridized carbons (Fsp3) is 0.538. The lowest BCUT2D eigenvalue weighted by molar-refractivity contribution is 0.107. The van der Waals surface area contributed by atoms with Gasteiger partial charge in [0.2, 0.25) is 10.0 Å². The third kappa shape index (κ3) is 4.42. The Morgan fingerprint density at radius 1 is 1.14 bits per heavy atom. The predicted molar refractivity (Wildman–Crippen MR) is 71.6 cm³/mol. The molecule has 2 N–H and O–H groups in total. The fourth-order valence-electron chi connectivity index (χ4n) is 2.05. The number of halogens is 3. The fourth-order valence-corrected chi connectivity index (χ4v) is 3.22. The van der Waals surface area contributed by atoms with Gasteiger partial charge in [-0.3, -0.25) is 0 Å². The lowest BCUT2D eigenvalue weighted by Crippen LogP contribution is -2.36. The average molecular weight is 325 g/mol. The van der Waals surface area contributed by atoms with Crippen molar-refractivity contribution in [2.45, 2.75) is 37.7 Å². The first-order chi connectivity index (χ1) is 9.72. The number of aliphatic hydroxyl groups is 1. The van der Waals surface area contributed by atoms with E-state index in [2.05, 4.69) is 0 Å². The van der Waals surface area contributed by atoms with Crippen molar-refractivity contribution in [3.63, 3.8) is 0 Å². The first kappa shape index (κ1) is 17.9. The zero-order valence-electron chi connectivity index (χ0n) is 11.7. The van der Waals surface area contributed by atoms with Crippen LogP contribution in [0.1, 0.15) is 26.7 Å². The van der Waals surface area contributed by atoms with Crippen molar-refractivity contribution in [2.24, 2.45) is 5.92 Å². The quantitative estimate of drug-likeness (QED) is 0.807. The summed E-state index contributed by atoms with van der Waals surface area (Å²) in [6, 6.07) is 0.573. The van der Waals surface area contributed by atoms with E-state index in [1.165, 1.54) is 0 Å². The Morgan fingerprint density at radius 2 is 1.62 bits per heavy atom. The summed E-state index contributed by atoms with van der Waals surface area (Å²) in [7, 11) is -4.51. The number of hydrogen-bond donors (Lipinski definition) is 2. The van der Waals surface area contributed by atoms with Crippen LogP contribution in [0.2, 0.25) is 0 Å². The van der Waals surface area contributed by atoms with Gasteiger partial charge < -0.3 is 5.11 Å². The number of aliphatic hydroxyl groups excluding tert-OH is 1. The maximum Gasteiger partial charge on any atom is 0.246 e. The second kappa shape index (κ2) is 7.24. The molecule has 0 amide bonds. The van der Waals surface area contributed by atoms with E-state index in [0.29, 0.717) is 12.8 Å². The molecular weight excluding hydrogens is 307 g/mol. The highest BCUT2D eigenvalue weighted by Crippen LogP contribution is 2.20. The van der Waals surface area contributed by atoms with Crippen molar-refractivity contribution in [3.8, 4) is 0 Å². The van der Waals surface area contributed by atoms with Crippen molar-refractivity contribution in [1.82, 2.24) is 4.72 Å². The summed E-state index contributed by atoms with van der Waals surface area (Å²) >= 11 is 0. The van der Waals surface area contributed by atoms with Crippen LogP contribution in [-0.4, -0.2) is 26.2 Å². The van der Waals surface area contributed by atoms with Gasteiger partial charge in [0.1, 0.15) is 17.5 Å². The van der Waals surface area contributed by atoms with Gasteiger partial charge in [-0.1, -0.05) is 26.7 Å². The van der Waals surface area contributed by atoms with E-state index in [1.807, 2.05) is 18.6 Å². The molecule has 4 nitrogen and oxygen atoms in total. The van der Waals surface area contributed by atoms with E-state index in [1.54, 1.807) is 0 Å². The predicted octanol–water partition coefficient (Wildman–Crippen LogP) is 2.18. The van der Waals surface area contributed by atoms with E-state index in [4.69, 9.17) is 0 Å². The van der Waals surface area contributed by atoms with Gasteiger partial charge in [-0.2, -0.15) is 0 Å². The highest BCUT2D eigenvalue weighted by Gasteiger charge is 2.26. The number of nitrogens with one attached hydrogen (secondary N) is 1. The lowest BCUT2D eigenvalue weighted by Gasteiger charge is -2.20. The molecule has 1 aromatic rings. The number of benzene rings is 1. The van der Waals surface area contributed by atoms with Crippen LogP contribution in [0, 0.1) is 23.4 Å². The third-order valence-corrected chi connectivity index (χ3v) is 4.78. The smallest absolute Gasteiger partial charge is 0.246 e. The second-order valence-electron chi connectivity index (χ2n) is 4.69. The molecule has 0 spiro atoms. The van der Waals surface area contributed by atoms with Crippen LogP contribution < -0.4 is 4.72 Å². The Balaban J connectivity index is 2.93. The molecule has 120 valence electrons. The molecular formula is C13H18F3NO3S. The third-order valence-electron chi connectivity index (χ3n) is 3.31. The molecule has 0 aliphatic carbocycles. The van der Waals surface area contributed by atoms with E-state index in [0.717, 1.165) is 0 Å². The first-order valence-electron chi connectivity index (χ1n) is 6.55. The van der Waals surface area contributed by atoms with Crippen LogP contribution >= 0.6 is 0 Å². The Kier molecular flexibility index (Phi) is 6.18. The van der Waals surface area contributed by atoms with Crippen molar-refractivity contribution in [1.29, 1.82) is 0 Å². The van der Waals surface area contributed by atoms with E-state index in [9.17, 15) is 26.7 Å². The zero-order chi connectivity index (χ0) is 16.2. The van der Waals surface area contributed by atoms with Crippen LogP contribution in [0.15, 0.2) is 17.0 Å². The van der Waals surface area contributed by atoms with Gasteiger partial charge in [-0.05, 0) is 5.92 Å². The molecule has 0 aliphatic heterocycles. The summed E-state index contributed by atoms with van der Waals surface area (Å²) in [5.41, 5.74) is 0. The summed E-state index contributed by atoms with van der Waals surface area (Å²) in [6.45, 7) is 3.31.